The third-order valence-corrected chi connectivity index (χ3v) is 6.03. The number of hydrogen-bond donors (Lipinski definition) is 1. The molecular weight excluding hydrogens is 370 g/mol. The van der Waals surface area contributed by atoms with Crippen LogP contribution in [-0.4, -0.2) is 59.0 Å². The van der Waals surface area contributed by atoms with Crippen LogP contribution >= 0.6 is 0 Å². The van der Waals surface area contributed by atoms with Gasteiger partial charge in [-0.05, 0) is 12.1 Å². The zero-order chi connectivity index (χ0) is 18.7. The van der Waals surface area contributed by atoms with Gasteiger partial charge in [0.2, 0.25) is 10.0 Å². The summed E-state index contributed by atoms with van der Waals surface area (Å²) in [5, 5.41) is 6.59. The lowest BCUT2D eigenvalue weighted by Crippen LogP contribution is -2.48. The molecule has 4 rings (SSSR count). The van der Waals surface area contributed by atoms with Crippen LogP contribution in [0.1, 0.15) is 0 Å². The van der Waals surface area contributed by atoms with Crippen LogP contribution < -0.4 is 10.2 Å². The first-order valence-corrected chi connectivity index (χ1v) is 9.71. The number of anilines is 3. The molecule has 0 aliphatic carbocycles. The maximum Gasteiger partial charge on any atom is 0.248 e. The minimum absolute atomic E-state index is 0.0693. The Morgan fingerprint density at radius 2 is 1.89 bits per heavy atom. The summed E-state index contributed by atoms with van der Waals surface area (Å²) in [6.07, 6.45) is 5.52. The van der Waals surface area contributed by atoms with Crippen molar-refractivity contribution in [2.75, 3.05) is 36.4 Å². The summed E-state index contributed by atoms with van der Waals surface area (Å²) in [7, 11) is -3.58. The summed E-state index contributed by atoms with van der Waals surface area (Å²) in [6, 6.07) is 7.38. The van der Waals surface area contributed by atoms with Crippen molar-refractivity contribution in [2.45, 2.75) is 4.90 Å². The molecule has 3 aromatic rings. The largest absolute Gasteiger partial charge is 0.363 e. The van der Waals surface area contributed by atoms with Crippen LogP contribution in [0.2, 0.25) is 0 Å². The molecule has 0 amide bonds. The Bertz CT molecular complexity index is 988. The highest BCUT2D eigenvalue weighted by molar-refractivity contribution is 7.89. The van der Waals surface area contributed by atoms with Crippen molar-refractivity contribution in [3.63, 3.8) is 0 Å². The highest BCUT2D eigenvalue weighted by atomic mass is 32.2. The minimum atomic E-state index is -3.58. The van der Waals surface area contributed by atoms with Gasteiger partial charge in [0, 0.05) is 38.4 Å². The smallest absolute Gasteiger partial charge is 0.248 e. The summed E-state index contributed by atoms with van der Waals surface area (Å²) < 4.78 is 31.1. The van der Waals surface area contributed by atoms with Crippen molar-refractivity contribution >= 4 is 27.5 Å². The maximum absolute atomic E-state index is 12.5. The second-order valence-electron chi connectivity index (χ2n) is 5.85. The monoisotopic (exact) mass is 387 g/mol. The molecule has 4 heterocycles. The standard InChI is InChI=1S/C16H17N7O3S/c24-27(25,13-10-20-26-11-13)23-7-5-22(6-8-23)16-9-15(18-12-19-16)21-14-3-1-2-4-17-14/h1-4,9-12H,5-8H2,(H,17,18,19,21). The van der Waals surface area contributed by atoms with Crippen LogP contribution in [0.4, 0.5) is 17.5 Å². The fourth-order valence-electron chi connectivity index (χ4n) is 2.79. The van der Waals surface area contributed by atoms with Gasteiger partial charge in [0.15, 0.2) is 0 Å². The Morgan fingerprint density at radius 3 is 2.59 bits per heavy atom. The molecule has 0 spiro atoms. The second kappa shape index (κ2) is 7.29. The van der Waals surface area contributed by atoms with E-state index in [0.29, 0.717) is 37.8 Å². The molecule has 10 nitrogen and oxygen atoms in total. The van der Waals surface area contributed by atoms with Crippen LogP contribution in [0.3, 0.4) is 0 Å². The molecule has 0 bridgehead atoms. The molecule has 0 unspecified atom stereocenters. The van der Waals surface area contributed by atoms with E-state index in [1.54, 1.807) is 6.20 Å². The molecular formula is C16H17N7O3S. The van der Waals surface area contributed by atoms with Gasteiger partial charge >= 0.3 is 0 Å². The average molecular weight is 387 g/mol. The minimum Gasteiger partial charge on any atom is -0.363 e. The third kappa shape index (κ3) is 3.73. The van der Waals surface area contributed by atoms with Crippen molar-refractivity contribution < 1.29 is 12.9 Å². The van der Waals surface area contributed by atoms with E-state index in [1.807, 2.05) is 29.2 Å². The van der Waals surface area contributed by atoms with Gasteiger partial charge in [-0.25, -0.2) is 23.4 Å². The Kier molecular flexibility index (Phi) is 4.69. The molecule has 27 heavy (non-hydrogen) atoms. The van der Waals surface area contributed by atoms with Gasteiger partial charge in [-0.15, -0.1) is 0 Å². The van der Waals surface area contributed by atoms with E-state index in [-0.39, 0.29) is 4.90 Å². The number of nitrogens with one attached hydrogen (secondary N) is 1. The topological polar surface area (TPSA) is 117 Å². The van der Waals surface area contributed by atoms with Crippen LogP contribution in [0.5, 0.6) is 0 Å². The number of nitrogens with zero attached hydrogens (tertiary/aromatic N) is 6. The van der Waals surface area contributed by atoms with E-state index in [1.165, 1.54) is 16.8 Å². The number of aromatic nitrogens is 4. The summed E-state index contributed by atoms with van der Waals surface area (Å²) in [6.45, 7) is 1.73. The molecule has 1 aliphatic rings. The normalized spacial score (nSPS) is 15.6. The SMILES string of the molecule is O=S(=O)(c1cnoc1)N1CCN(c2cc(Nc3ccccn3)ncn2)CC1. The predicted molar refractivity (Wildman–Crippen MR) is 97.0 cm³/mol. The lowest BCUT2D eigenvalue weighted by Gasteiger charge is -2.34. The van der Waals surface area contributed by atoms with Crippen LogP contribution in [0.25, 0.3) is 0 Å². The number of rotatable bonds is 5. The van der Waals surface area contributed by atoms with Gasteiger partial charge in [-0.1, -0.05) is 11.2 Å². The fourth-order valence-corrected chi connectivity index (χ4v) is 4.07. The van der Waals surface area contributed by atoms with Gasteiger partial charge in [-0.3, -0.25) is 0 Å². The van der Waals surface area contributed by atoms with Crippen molar-refractivity contribution in [2.24, 2.45) is 0 Å². The zero-order valence-electron chi connectivity index (χ0n) is 14.3. The van der Waals surface area contributed by atoms with Crippen molar-refractivity contribution in [3.05, 3.63) is 49.2 Å². The number of piperazine rings is 1. The summed E-state index contributed by atoms with van der Waals surface area (Å²) in [4.78, 5) is 14.8. The summed E-state index contributed by atoms with van der Waals surface area (Å²) in [5.41, 5.74) is 0. The van der Waals surface area contributed by atoms with Crippen LogP contribution in [-0.2, 0) is 10.0 Å². The highest BCUT2D eigenvalue weighted by Gasteiger charge is 2.30. The molecule has 0 radical (unpaired) electrons. The fraction of sp³-hybridized carbons (Fsp3) is 0.250. The molecule has 1 N–H and O–H groups in total. The van der Waals surface area contributed by atoms with Crippen molar-refractivity contribution in [3.8, 4) is 0 Å². The Labute approximate surface area is 155 Å². The number of sulfonamides is 1. The number of pyridine rings is 1. The van der Waals surface area contributed by atoms with E-state index < -0.39 is 10.0 Å². The molecule has 0 aromatic carbocycles. The van der Waals surface area contributed by atoms with Gasteiger partial charge in [0.1, 0.15) is 34.9 Å². The lowest BCUT2D eigenvalue weighted by molar-refractivity contribution is 0.382. The second-order valence-corrected chi connectivity index (χ2v) is 7.79. The van der Waals surface area contributed by atoms with Crippen LogP contribution in [0, 0.1) is 0 Å². The van der Waals surface area contributed by atoms with Crippen molar-refractivity contribution in [1.29, 1.82) is 0 Å². The molecule has 3 aromatic heterocycles. The van der Waals surface area contributed by atoms with E-state index >= 15 is 0 Å². The maximum atomic E-state index is 12.5. The van der Waals surface area contributed by atoms with E-state index in [4.69, 9.17) is 0 Å². The van der Waals surface area contributed by atoms with E-state index in [2.05, 4.69) is 29.9 Å². The Hall–Kier alpha value is -3.05. The summed E-state index contributed by atoms with van der Waals surface area (Å²) >= 11 is 0. The third-order valence-electron chi connectivity index (χ3n) is 4.18. The van der Waals surface area contributed by atoms with Gasteiger partial charge in [0.05, 0.1) is 6.20 Å². The van der Waals surface area contributed by atoms with Crippen LogP contribution in [0.15, 0.2) is 58.7 Å². The van der Waals surface area contributed by atoms with Crippen molar-refractivity contribution in [1.82, 2.24) is 24.4 Å². The molecule has 1 saturated heterocycles. The quantitative estimate of drug-likeness (QED) is 0.687. The Balaban J connectivity index is 1.43. The van der Waals surface area contributed by atoms with Gasteiger partial charge in [0.25, 0.3) is 0 Å². The lowest BCUT2D eigenvalue weighted by atomic mass is 10.3. The van der Waals surface area contributed by atoms with Gasteiger partial charge < -0.3 is 14.7 Å². The molecule has 0 atom stereocenters. The van der Waals surface area contributed by atoms with Gasteiger partial charge in [-0.2, -0.15) is 4.31 Å². The summed E-state index contributed by atoms with van der Waals surface area (Å²) in [5.74, 6) is 2.04. The van der Waals surface area contributed by atoms with E-state index in [0.717, 1.165) is 12.1 Å². The molecule has 140 valence electrons. The first kappa shape index (κ1) is 17.4. The molecule has 11 heteroatoms. The predicted octanol–water partition coefficient (Wildman–Crippen LogP) is 1.11. The first-order valence-electron chi connectivity index (χ1n) is 8.27. The highest BCUT2D eigenvalue weighted by Crippen LogP contribution is 2.21. The molecule has 1 fully saturated rings. The number of hydrogen-bond acceptors (Lipinski definition) is 9. The zero-order valence-corrected chi connectivity index (χ0v) is 15.1. The first-order chi connectivity index (χ1) is 13.1. The average Bonchev–Trinajstić information content (AvgIpc) is 3.25. The molecule has 1 aliphatic heterocycles. The molecule has 0 saturated carbocycles. The van der Waals surface area contributed by atoms with E-state index in [9.17, 15) is 8.42 Å². The Morgan fingerprint density at radius 1 is 1.04 bits per heavy atom.